The van der Waals surface area contributed by atoms with Crippen LogP contribution < -0.4 is 4.74 Å². The molecule has 1 aromatic heterocycles. The van der Waals surface area contributed by atoms with Crippen molar-refractivity contribution in [3.63, 3.8) is 0 Å². The van der Waals surface area contributed by atoms with Gasteiger partial charge in [-0.1, -0.05) is 0 Å². The fourth-order valence-corrected chi connectivity index (χ4v) is 1.31. The summed E-state index contributed by atoms with van der Waals surface area (Å²) in [6.07, 6.45) is 0. The molecule has 0 unspecified atom stereocenters. The van der Waals surface area contributed by atoms with Crippen molar-refractivity contribution >= 4 is 0 Å². The van der Waals surface area contributed by atoms with Crippen molar-refractivity contribution in [2.75, 3.05) is 7.11 Å². The molecule has 4 heteroatoms. The van der Waals surface area contributed by atoms with Crippen LogP contribution >= 0.6 is 0 Å². The highest BCUT2D eigenvalue weighted by Crippen LogP contribution is 2.19. The van der Waals surface area contributed by atoms with Gasteiger partial charge in [0.15, 0.2) is 5.69 Å². The summed E-state index contributed by atoms with van der Waals surface area (Å²) in [5.41, 5.74) is 2.00. The second-order valence-corrected chi connectivity index (χ2v) is 3.14. The predicted octanol–water partition coefficient (Wildman–Crippen LogP) is 2.02. The molecule has 0 aliphatic carbocycles. The van der Waals surface area contributed by atoms with Gasteiger partial charge in [-0.15, -0.1) is 10.2 Å². The molecule has 2 aromatic rings. The topological polar surface area (TPSA) is 58.8 Å². The molecule has 0 spiro atoms. The molecule has 0 radical (unpaired) electrons. The summed E-state index contributed by atoms with van der Waals surface area (Å²) in [7, 11) is 1.62. The molecule has 0 atom stereocenters. The maximum atomic E-state index is 8.60. The number of benzene rings is 1. The first-order chi connectivity index (χ1) is 7.83. The zero-order chi connectivity index (χ0) is 11.4. The van der Waals surface area contributed by atoms with Gasteiger partial charge in [0.25, 0.3) is 0 Å². The largest absolute Gasteiger partial charge is 0.497 e. The van der Waals surface area contributed by atoms with Crippen molar-refractivity contribution in [1.29, 1.82) is 5.26 Å². The van der Waals surface area contributed by atoms with Gasteiger partial charge in [-0.2, -0.15) is 5.26 Å². The Morgan fingerprint density at radius 1 is 1.06 bits per heavy atom. The zero-order valence-corrected chi connectivity index (χ0v) is 8.71. The average molecular weight is 211 g/mol. The lowest BCUT2D eigenvalue weighted by atomic mass is 10.1. The van der Waals surface area contributed by atoms with Crippen molar-refractivity contribution in [3.05, 3.63) is 42.1 Å². The Hall–Kier alpha value is -2.41. The maximum absolute atomic E-state index is 8.60. The lowest BCUT2D eigenvalue weighted by Crippen LogP contribution is -1.90. The zero-order valence-electron chi connectivity index (χ0n) is 8.71. The van der Waals surface area contributed by atoms with Gasteiger partial charge in [0, 0.05) is 5.56 Å². The van der Waals surface area contributed by atoms with Crippen LogP contribution in [0.2, 0.25) is 0 Å². The summed E-state index contributed by atoms with van der Waals surface area (Å²) in [4.78, 5) is 0. The molecule has 78 valence electrons. The monoisotopic (exact) mass is 211 g/mol. The molecule has 1 heterocycles. The number of rotatable bonds is 2. The van der Waals surface area contributed by atoms with Crippen LogP contribution in [0.25, 0.3) is 11.3 Å². The van der Waals surface area contributed by atoms with Crippen LogP contribution in [0, 0.1) is 11.3 Å². The van der Waals surface area contributed by atoms with E-state index < -0.39 is 0 Å². The van der Waals surface area contributed by atoms with Gasteiger partial charge in [0.05, 0.1) is 12.8 Å². The molecule has 4 nitrogen and oxygen atoms in total. The fraction of sp³-hybridized carbons (Fsp3) is 0.0833. The van der Waals surface area contributed by atoms with Gasteiger partial charge in [0.1, 0.15) is 11.8 Å². The Labute approximate surface area is 93.1 Å². The molecule has 0 N–H and O–H groups in total. The molecule has 0 saturated heterocycles. The van der Waals surface area contributed by atoms with Gasteiger partial charge in [-0.3, -0.25) is 0 Å². The minimum atomic E-state index is 0.317. The Morgan fingerprint density at radius 2 is 1.81 bits per heavy atom. The number of aromatic nitrogens is 2. The number of methoxy groups -OCH3 is 1. The van der Waals surface area contributed by atoms with Gasteiger partial charge in [-0.25, -0.2) is 0 Å². The molecule has 0 aliphatic heterocycles. The third-order valence-corrected chi connectivity index (χ3v) is 2.16. The summed E-state index contributed by atoms with van der Waals surface area (Å²) < 4.78 is 5.06. The van der Waals surface area contributed by atoms with Crippen molar-refractivity contribution in [2.24, 2.45) is 0 Å². The molecule has 0 saturated carbocycles. The number of hydrogen-bond donors (Lipinski definition) is 0. The molecule has 0 amide bonds. The SMILES string of the molecule is COc1ccc(-c2ccc(C#N)nn2)cc1. The minimum Gasteiger partial charge on any atom is -0.497 e. The van der Waals surface area contributed by atoms with Crippen LogP contribution in [0.1, 0.15) is 5.69 Å². The molecule has 1 aromatic carbocycles. The summed E-state index contributed by atoms with van der Waals surface area (Å²) in [6, 6.07) is 12.9. The van der Waals surface area contributed by atoms with Gasteiger partial charge in [-0.05, 0) is 36.4 Å². The van der Waals surface area contributed by atoms with Crippen LogP contribution in [-0.4, -0.2) is 17.3 Å². The van der Waals surface area contributed by atoms with Crippen LogP contribution in [0.3, 0.4) is 0 Å². The standard InChI is InChI=1S/C12H9N3O/c1-16-11-5-2-9(3-6-11)12-7-4-10(8-13)14-15-12/h2-7H,1H3. The summed E-state index contributed by atoms with van der Waals surface area (Å²) in [6.45, 7) is 0. The molecule has 2 rings (SSSR count). The van der Waals surface area contributed by atoms with E-state index in [1.807, 2.05) is 30.3 Å². The molecule has 0 fully saturated rings. The first kappa shape index (κ1) is 10.1. The molecule has 16 heavy (non-hydrogen) atoms. The van der Waals surface area contributed by atoms with Crippen molar-refractivity contribution in [1.82, 2.24) is 10.2 Å². The fourth-order valence-electron chi connectivity index (χ4n) is 1.31. The van der Waals surface area contributed by atoms with Crippen molar-refractivity contribution in [2.45, 2.75) is 0 Å². The van der Waals surface area contributed by atoms with Gasteiger partial charge in [0.2, 0.25) is 0 Å². The van der Waals surface area contributed by atoms with E-state index >= 15 is 0 Å². The van der Waals surface area contributed by atoms with E-state index in [1.54, 1.807) is 19.2 Å². The van der Waals surface area contributed by atoms with Crippen LogP contribution in [0.5, 0.6) is 5.75 Å². The molecular weight excluding hydrogens is 202 g/mol. The quantitative estimate of drug-likeness (QED) is 0.762. The van der Waals surface area contributed by atoms with Gasteiger partial charge >= 0.3 is 0 Å². The number of hydrogen-bond acceptors (Lipinski definition) is 4. The highest BCUT2D eigenvalue weighted by molar-refractivity contribution is 5.59. The summed E-state index contributed by atoms with van der Waals surface area (Å²) >= 11 is 0. The van der Waals surface area contributed by atoms with E-state index in [-0.39, 0.29) is 0 Å². The third kappa shape index (κ3) is 1.98. The molecule has 0 bridgehead atoms. The van der Waals surface area contributed by atoms with E-state index in [1.165, 1.54) is 0 Å². The van der Waals surface area contributed by atoms with E-state index in [9.17, 15) is 0 Å². The molecular formula is C12H9N3O. The number of ether oxygens (including phenoxy) is 1. The van der Waals surface area contributed by atoms with Crippen molar-refractivity contribution < 1.29 is 4.74 Å². The highest BCUT2D eigenvalue weighted by atomic mass is 16.5. The maximum Gasteiger partial charge on any atom is 0.163 e. The lowest BCUT2D eigenvalue weighted by Gasteiger charge is -2.01. The smallest absolute Gasteiger partial charge is 0.163 e. The van der Waals surface area contributed by atoms with E-state index in [0.717, 1.165) is 17.0 Å². The Morgan fingerprint density at radius 3 is 2.31 bits per heavy atom. The van der Waals surface area contributed by atoms with E-state index in [4.69, 9.17) is 10.00 Å². The highest BCUT2D eigenvalue weighted by Gasteiger charge is 2.00. The summed E-state index contributed by atoms with van der Waals surface area (Å²) in [5, 5.41) is 16.3. The van der Waals surface area contributed by atoms with Crippen LogP contribution in [0.15, 0.2) is 36.4 Å². The lowest BCUT2D eigenvalue weighted by molar-refractivity contribution is 0.415. The van der Waals surface area contributed by atoms with Crippen LogP contribution in [-0.2, 0) is 0 Å². The minimum absolute atomic E-state index is 0.317. The van der Waals surface area contributed by atoms with E-state index in [2.05, 4.69) is 10.2 Å². The Bertz CT molecular complexity index is 511. The normalized spacial score (nSPS) is 9.50. The summed E-state index contributed by atoms with van der Waals surface area (Å²) in [5.74, 6) is 0.797. The Kier molecular flexibility index (Phi) is 2.79. The molecule has 0 aliphatic rings. The second kappa shape index (κ2) is 4.41. The number of nitrogens with zero attached hydrogens (tertiary/aromatic N) is 3. The van der Waals surface area contributed by atoms with Crippen LogP contribution in [0.4, 0.5) is 0 Å². The first-order valence-electron chi connectivity index (χ1n) is 4.72. The van der Waals surface area contributed by atoms with Gasteiger partial charge < -0.3 is 4.74 Å². The van der Waals surface area contributed by atoms with Crippen molar-refractivity contribution in [3.8, 4) is 23.1 Å². The Balaban J connectivity index is 2.32. The predicted molar refractivity (Wildman–Crippen MR) is 58.7 cm³/mol. The number of nitriles is 1. The second-order valence-electron chi connectivity index (χ2n) is 3.14. The van der Waals surface area contributed by atoms with E-state index in [0.29, 0.717) is 5.69 Å². The average Bonchev–Trinajstić information content (AvgIpc) is 2.39. The first-order valence-corrected chi connectivity index (χ1v) is 4.72. The third-order valence-electron chi connectivity index (χ3n) is 2.16.